The minimum absolute atomic E-state index is 0.197. The molecule has 0 bridgehead atoms. The van der Waals surface area contributed by atoms with Gasteiger partial charge in [0.1, 0.15) is 5.82 Å². The normalized spacial score (nSPS) is 10.2. The largest absolute Gasteiger partial charge is 0.321 e. The van der Waals surface area contributed by atoms with Crippen molar-refractivity contribution in [1.82, 2.24) is 4.98 Å². The molecule has 2 aromatic rings. The maximum Gasteiger partial charge on any atom is 0.255 e. The molecule has 1 aromatic carbocycles. The van der Waals surface area contributed by atoms with Gasteiger partial charge in [-0.3, -0.25) is 4.79 Å². The first-order valence-corrected chi connectivity index (χ1v) is 6.81. The van der Waals surface area contributed by atoms with Crippen molar-refractivity contribution in [2.75, 3.05) is 10.7 Å². The van der Waals surface area contributed by atoms with Gasteiger partial charge in [-0.1, -0.05) is 15.9 Å². The minimum Gasteiger partial charge on any atom is -0.321 e. The summed E-state index contributed by atoms with van der Waals surface area (Å²) in [5.74, 6) is 5.54. The fraction of sp³-hybridized carbons (Fsp3) is 0.143. The van der Waals surface area contributed by atoms with Gasteiger partial charge in [-0.05, 0) is 49.2 Å². The molecule has 4 N–H and O–H groups in total. The van der Waals surface area contributed by atoms with Crippen LogP contribution in [0.4, 0.5) is 11.5 Å². The summed E-state index contributed by atoms with van der Waals surface area (Å²) >= 11 is 3.43. The molecule has 0 spiro atoms. The van der Waals surface area contributed by atoms with Crippen LogP contribution in [0.15, 0.2) is 34.9 Å². The highest BCUT2D eigenvalue weighted by atomic mass is 79.9. The minimum atomic E-state index is -0.197. The van der Waals surface area contributed by atoms with Crippen molar-refractivity contribution in [2.24, 2.45) is 5.84 Å². The zero-order chi connectivity index (χ0) is 14.7. The number of aryl methyl sites for hydroxylation is 2. The molecular weight excluding hydrogens is 320 g/mol. The Kier molecular flexibility index (Phi) is 4.36. The average molecular weight is 335 g/mol. The molecule has 0 aliphatic heterocycles. The van der Waals surface area contributed by atoms with Gasteiger partial charge in [0.05, 0.1) is 0 Å². The standard InChI is InChI=1S/C14H15BrN4O/c1-8-5-11(15)6-9(2)13(8)18-14(20)10-3-4-17-12(7-10)19-16/h3-7H,16H2,1-2H3,(H,17,19)(H,18,20). The van der Waals surface area contributed by atoms with E-state index >= 15 is 0 Å². The number of benzene rings is 1. The van der Waals surface area contributed by atoms with Crippen molar-refractivity contribution in [3.05, 3.63) is 51.6 Å². The Labute approximate surface area is 125 Å². The maximum absolute atomic E-state index is 12.3. The van der Waals surface area contributed by atoms with Crippen LogP contribution in [-0.2, 0) is 0 Å². The third-order valence-electron chi connectivity index (χ3n) is 2.91. The van der Waals surface area contributed by atoms with Crippen LogP contribution < -0.4 is 16.6 Å². The fourth-order valence-electron chi connectivity index (χ4n) is 1.94. The number of nitrogens with zero attached hydrogens (tertiary/aromatic N) is 1. The highest BCUT2D eigenvalue weighted by Gasteiger charge is 2.11. The highest BCUT2D eigenvalue weighted by molar-refractivity contribution is 9.10. The molecule has 5 nitrogen and oxygen atoms in total. The first-order valence-electron chi connectivity index (χ1n) is 6.02. The third kappa shape index (κ3) is 3.15. The number of hydrazine groups is 1. The molecule has 104 valence electrons. The van der Waals surface area contributed by atoms with E-state index in [0.29, 0.717) is 11.4 Å². The summed E-state index contributed by atoms with van der Waals surface area (Å²) in [4.78, 5) is 16.2. The highest BCUT2D eigenvalue weighted by Crippen LogP contribution is 2.25. The number of pyridine rings is 1. The molecule has 0 fully saturated rings. The molecule has 1 heterocycles. The van der Waals surface area contributed by atoms with Gasteiger partial charge in [0.2, 0.25) is 0 Å². The molecule has 6 heteroatoms. The monoisotopic (exact) mass is 334 g/mol. The Morgan fingerprint density at radius 2 is 1.90 bits per heavy atom. The number of amides is 1. The van der Waals surface area contributed by atoms with Crippen LogP contribution in [0.1, 0.15) is 21.5 Å². The summed E-state index contributed by atoms with van der Waals surface area (Å²) in [5.41, 5.74) is 5.72. The van der Waals surface area contributed by atoms with Crippen molar-refractivity contribution in [2.45, 2.75) is 13.8 Å². The summed E-state index contributed by atoms with van der Waals surface area (Å²) in [7, 11) is 0. The first kappa shape index (κ1) is 14.5. The SMILES string of the molecule is Cc1cc(Br)cc(C)c1NC(=O)c1ccnc(NN)c1. The summed E-state index contributed by atoms with van der Waals surface area (Å²) in [5, 5.41) is 2.92. The number of nitrogens with two attached hydrogens (primary N) is 1. The number of halogens is 1. The van der Waals surface area contributed by atoms with Gasteiger partial charge >= 0.3 is 0 Å². The van der Waals surface area contributed by atoms with Crippen LogP contribution in [0.2, 0.25) is 0 Å². The second kappa shape index (κ2) is 6.02. The number of hydrogen-bond acceptors (Lipinski definition) is 4. The van der Waals surface area contributed by atoms with Crippen molar-refractivity contribution in [3.63, 3.8) is 0 Å². The van der Waals surface area contributed by atoms with Crippen LogP contribution >= 0.6 is 15.9 Å². The van der Waals surface area contributed by atoms with E-state index in [0.717, 1.165) is 21.3 Å². The lowest BCUT2D eigenvalue weighted by Crippen LogP contribution is -2.15. The van der Waals surface area contributed by atoms with E-state index in [-0.39, 0.29) is 5.91 Å². The zero-order valence-corrected chi connectivity index (χ0v) is 12.8. The van der Waals surface area contributed by atoms with E-state index in [4.69, 9.17) is 5.84 Å². The van der Waals surface area contributed by atoms with Crippen LogP contribution in [0.25, 0.3) is 0 Å². The van der Waals surface area contributed by atoms with Crippen molar-refractivity contribution in [1.29, 1.82) is 0 Å². The van der Waals surface area contributed by atoms with E-state index in [1.54, 1.807) is 12.1 Å². The van der Waals surface area contributed by atoms with E-state index < -0.39 is 0 Å². The Morgan fingerprint density at radius 1 is 1.25 bits per heavy atom. The second-order valence-electron chi connectivity index (χ2n) is 4.44. The topological polar surface area (TPSA) is 80.0 Å². The predicted octanol–water partition coefficient (Wildman–Crippen LogP) is 3.00. The van der Waals surface area contributed by atoms with E-state index in [9.17, 15) is 4.79 Å². The molecule has 0 unspecified atom stereocenters. The van der Waals surface area contributed by atoms with E-state index in [1.807, 2.05) is 26.0 Å². The Morgan fingerprint density at radius 3 is 2.50 bits per heavy atom. The number of carbonyl (C=O) groups is 1. The molecular formula is C14H15BrN4O. The van der Waals surface area contributed by atoms with Crippen molar-refractivity contribution >= 4 is 33.3 Å². The maximum atomic E-state index is 12.3. The smallest absolute Gasteiger partial charge is 0.255 e. The molecule has 0 saturated heterocycles. The van der Waals surface area contributed by atoms with Crippen molar-refractivity contribution < 1.29 is 4.79 Å². The second-order valence-corrected chi connectivity index (χ2v) is 5.36. The van der Waals surface area contributed by atoms with Gasteiger partial charge in [0, 0.05) is 21.9 Å². The molecule has 0 aliphatic carbocycles. The molecule has 1 aromatic heterocycles. The molecule has 2 rings (SSSR count). The van der Waals surface area contributed by atoms with Crippen molar-refractivity contribution in [3.8, 4) is 0 Å². The van der Waals surface area contributed by atoms with Gasteiger partial charge in [0.15, 0.2) is 0 Å². The first-order chi connectivity index (χ1) is 9.51. The lowest BCUT2D eigenvalue weighted by atomic mass is 10.1. The Hall–Kier alpha value is -1.92. The quantitative estimate of drug-likeness (QED) is 0.595. The summed E-state index contributed by atoms with van der Waals surface area (Å²) in [6.45, 7) is 3.90. The number of carbonyl (C=O) groups excluding carboxylic acids is 1. The van der Waals surface area contributed by atoms with Crippen LogP contribution in [0, 0.1) is 13.8 Å². The van der Waals surface area contributed by atoms with E-state index in [2.05, 4.69) is 31.7 Å². The van der Waals surface area contributed by atoms with Gasteiger partial charge in [-0.2, -0.15) is 0 Å². The Bertz CT molecular complexity index is 634. The lowest BCUT2D eigenvalue weighted by molar-refractivity contribution is 0.102. The van der Waals surface area contributed by atoms with Gasteiger partial charge in [0.25, 0.3) is 5.91 Å². The summed E-state index contributed by atoms with van der Waals surface area (Å²) in [6, 6.07) is 7.16. The Balaban J connectivity index is 2.28. The summed E-state index contributed by atoms with van der Waals surface area (Å²) < 4.78 is 0.990. The average Bonchev–Trinajstić information content (AvgIpc) is 2.42. The van der Waals surface area contributed by atoms with Crippen LogP contribution in [-0.4, -0.2) is 10.9 Å². The number of nitrogens with one attached hydrogen (secondary N) is 2. The van der Waals surface area contributed by atoms with Gasteiger partial charge in [-0.25, -0.2) is 10.8 Å². The molecule has 20 heavy (non-hydrogen) atoms. The number of anilines is 2. The van der Waals surface area contributed by atoms with Gasteiger partial charge < -0.3 is 10.7 Å². The molecule has 1 amide bonds. The summed E-state index contributed by atoms with van der Waals surface area (Å²) in [6.07, 6.45) is 1.53. The van der Waals surface area contributed by atoms with E-state index in [1.165, 1.54) is 6.20 Å². The molecule has 0 atom stereocenters. The number of rotatable bonds is 3. The fourth-order valence-corrected chi connectivity index (χ4v) is 2.63. The van der Waals surface area contributed by atoms with Crippen LogP contribution in [0.3, 0.4) is 0 Å². The molecule has 0 saturated carbocycles. The predicted molar refractivity (Wildman–Crippen MR) is 83.6 cm³/mol. The molecule has 0 radical (unpaired) electrons. The number of hydrogen-bond donors (Lipinski definition) is 3. The third-order valence-corrected chi connectivity index (χ3v) is 3.36. The number of aromatic nitrogens is 1. The lowest BCUT2D eigenvalue weighted by Gasteiger charge is -2.12. The zero-order valence-electron chi connectivity index (χ0n) is 11.2. The van der Waals surface area contributed by atoms with Gasteiger partial charge in [-0.15, -0.1) is 0 Å². The molecule has 0 aliphatic rings. The van der Waals surface area contributed by atoms with Crippen LogP contribution in [0.5, 0.6) is 0 Å². The number of nitrogen functional groups attached to an aromatic ring is 1.